The van der Waals surface area contributed by atoms with E-state index in [1.165, 1.54) is 30.3 Å². The van der Waals surface area contributed by atoms with E-state index in [4.69, 9.17) is 9.47 Å². The molecule has 4 aromatic rings. The zero-order valence-electron chi connectivity index (χ0n) is 23.3. The minimum Gasteiger partial charge on any atom is -0.387 e. The summed E-state index contributed by atoms with van der Waals surface area (Å²) in [5.41, 5.74) is 2.14. The molecule has 2 fully saturated rings. The van der Waals surface area contributed by atoms with E-state index >= 15 is 0 Å². The molecule has 10 heteroatoms. The second-order valence-corrected chi connectivity index (χ2v) is 11.0. The molecule has 2 aliphatic rings. The monoisotopic (exact) mass is 558 g/mol. The molecule has 4 atom stereocenters. The van der Waals surface area contributed by atoms with Gasteiger partial charge in [0.25, 0.3) is 0 Å². The Balaban J connectivity index is 1.32. The summed E-state index contributed by atoms with van der Waals surface area (Å²) in [6.45, 7) is 1.03. The molecule has 0 spiro atoms. The Labute approximate surface area is 239 Å². The van der Waals surface area contributed by atoms with Crippen LogP contribution < -0.4 is 10.6 Å². The lowest BCUT2D eigenvalue weighted by molar-refractivity contribution is -0.146. The lowest BCUT2D eigenvalue weighted by Gasteiger charge is -2.35. The molecule has 1 aliphatic heterocycles. The Morgan fingerprint density at radius 1 is 1.00 bits per heavy atom. The van der Waals surface area contributed by atoms with Gasteiger partial charge in [-0.3, -0.25) is 4.57 Å². The Kier molecular flexibility index (Phi) is 8.27. The number of nitrogens with one attached hydrogen (secondary N) is 2. The van der Waals surface area contributed by atoms with Crippen molar-refractivity contribution in [2.24, 2.45) is 0 Å². The number of methoxy groups -OCH3 is 1. The van der Waals surface area contributed by atoms with Crippen LogP contribution in [0.4, 0.5) is 5.82 Å². The van der Waals surface area contributed by atoms with Gasteiger partial charge in [-0.15, -0.1) is 0 Å². The molecule has 1 aliphatic carbocycles. The summed E-state index contributed by atoms with van der Waals surface area (Å²) in [7, 11) is 1.55. The van der Waals surface area contributed by atoms with Gasteiger partial charge in [0.05, 0.1) is 12.9 Å². The van der Waals surface area contributed by atoms with Crippen molar-refractivity contribution >= 4 is 17.0 Å². The summed E-state index contributed by atoms with van der Waals surface area (Å²) >= 11 is 0. The van der Waals surface area contributed by atoms with Gasteiger partial charge in [0, 0.05) is 32.2 Å². The smallest absolute Gasteiger partial charge is 0.189 e. The van der Waals surface area contributed by atoms with Crippen LogP contribution in [0.15, 0.2) is 73.3 Å². The molecule has 0 bridgehead atoms. The van der Waals surface area contributed by atoms with E-state index in [2.05, 4.69) is 49.9 Å². The number of anilines is 1. The maximum Gasteiger partial charge on any atom is 0.189 e. The van der Waals surface area contributed by atoms with Crippen LogP contribution in [0.5, 0.6) is 0 Å². The zero-order valence-corrected chi connectivity index (χ0v) is 23.3. The second kappa shape index (κ2) is 12.2. The molecule has 2 aromatic heterocycles. The first kappa shape index (κ1) is 27.7. The van der Waals surface area contributed by atoms with Crippen LogP contribution in [-0.2, 0) is 15.2 Å². The molecule has 10 nitrogen and oxygen atoms in total. The van der Waals surface area contributed by atoms with Gasteiger partial charge in [-0.1, -0.05) is 73.5 Å². The van der Waals surface area contributed by atoms with Crippen LogP contribution in [0.2, 0.25) is 0 Å². The van der Waals surface area contributed by atoms with Gasteiger partial charge < -0.3 is 30.3 Å². The first-order chi connectivity index (χ1) is 20.1. The minimum atomic E-state index is -1.32. The van der Waals surface area contributed by atoms with Crippen LogP contribution in [0, 0.1) is 0 Å². The van der Waals surface area contributed by atoms with Gasteiger partial charge in [0.1, 0.15) is 24.6 Å². The number of hydrogen-bond acceptors (Lipinski definition) is 9. The highest BCUT2D eigenvalue weighted by Crippen LogP contribution is 2.38. The first-order valence-electron chi connectivity index (χ1n) is 14.4. The van der Waals surface area contributed by atoms with Crippen molar-refractivity contribution in [2.75, 3.05) is 32.1 Å². The number of benzene rings is 2. The zero-order chi connectivity index (χ0) is 28.2. The Bertz CT molecular complexity index is 1370. The van der Waals surface area contributed by atoms with E-state index in [9.17, 15) is 10.2 Å². The van der Waals surface area contributed by atoms with Crippen LogP contribution >= 0.6 is 0 Å². The van der Waals surface area contributed by atoms with Crippen LogP contribution in [0.1, 0.15) is 42.7 Å². The molecule has 4 N–H and O–H groups in total. The highest BCUT2D eigenvalue weighted by molar-refractivity contribution is 5.83. The largest absolute Gasteiger partial charge is 0.387 e. The summed E-state index contributed by atoms with van der Waals surface area (Å²) in [4.78, 5) is 13.8. The molecule has 41 heavy (non-hydrogen) atoms. The Morgan fingerprint density at radius 2 is 1.68 bits per heavy atom. The van der Waals surface area contributed by atoms with Gasteiger partial charge >= 0.3 is 0 Å². The summed E-state index contributed by atoms with van der Waals surface area (Å²) in [6, 6.07) is 21.1. The molecule has 2 aromatic carbocycles. The van der Waals surface area contributed by atoms with Gasteiger partial charge in [0.2, 0.25) is 0 Å². The minimum absolute atomic E-state index is 0.0939. The van der Waals surface area contributed by atoms with Crippen LogP contribution in [0.25, 0.3) is 11.2 Å². The summed E-state index contributed by atoms with van der Waals surface area (Å²) < 4.78 is 13.5. The molecule has 0 unspecified atom stereocenters. The number of rotatable bonds is 11. The molecule has 6 rings (SSSR count). The number of imidazole rings is 1. The van der Waals surface area contributed by atoms with E-state index in [1.54, 1.807) is 18.0 Å². The van der Waals surface area contributed by atoms with Crippen LogP contribution in [0.3, 0.4) is 0 Å². The number of fused-ring (bicyclic) bond motifs is 1. The summed E-state index contributed by atoms with van der Waals surface area (Å²) in [5.74, 6) is 0.683. The first-order valence-corrected chi connectivity index (χ1v) is 14.4. The van der Waals surface area contributed by atoms with Crippen molar-refractivity contribution in [3.63, 3.8) is 0 Å². The third-order valence-electron chi connectivity index (χ3n) is 8.47. The van der Waals surface area contributed by atoms with Gasteiger partial charge in [-0.25, -0.2) is 15.0 Å². The molecular formula is C31H38N6O4. The summed E-state index contributed by atoms with van der Waals surface area (Å²) in [5, 5.41) is 29.5. The molecule has 0 amide bonds. The van der Waals surface area contributed by atoms with E-state index in [1.807, 2.05) is 36.4 Å². The highest BCUT2D eigenvalue weighted by Gasteiger charge is 2.56. The van der Waals surface area contributed by atoms with Crippen molar-refractivity contribution in [2.45, 2.75) is 61.7 Å². The van der Waals surface area contributed by atoms with E-state index < -0.39 is 24.0 Å². The van der Waals surface area contributed by atoms with Crippen molar-refractivity contribution in [3.05, 3.63) is 84.4 Å². The van der Waals surface area contributed by atoms with Gasteiger partial charge in [-0.05, 0) is 24.0 Å². The number of aliphatic hydroxyl groups excluding tert-OH is 2. The molecule has 216 valence electrons. The van der Waals surface area contributed by atoms with E-state index in [0.29, 0.717) is 36.1 Å². The quantitative estimate of drug-likeness (QED) is 0.220. The average molecular weight is 559 g/mol. The fourth-order valence-electron chi connectivity index (χ4n) is 6.26. The average Bonchev–Trinajstić information content (AvgIpc) is 3.75. The summed E-state index contributed by atoms with van der Waals surface area (Å²) in [6.07, 6.45) is 4.55. The van der Waals surface area contributed by atoms with Crippen LogP contribution in [-0.4, -0.2) is 80.9 Å². The second-order valence-electron chi connectivity index (χ2n) is 11.0. The molecule has 1 saturated carbocycles. The predicted molar refractivity (Wildman–Crippen MR) is 156 cm³/mol. The predicted octanol–water partition coefficient (Wildman–Crippen LogP) is 3.02. The number of aromatic nitrogens is 4. The number of hydrogen-bond donors (Lipinski definition) is 4. The Morgan fingerprint density at radius 3 is 2.34 bits per heavy atom. The third-order valence-corrected chi connectivity index (χ3v) is 8.47. The standard InChI is InChI=1S/C31H38N6O4/c1-40-17-25-27(38)28(39)31(41-25,18-33-23-14-8-9-15-23)37-20-36-26-29(34-19-35-30(26)37)32-16-24(21-10-4-2-5-11-21)22-12-6-3-7-13-22/h2-7,10-13,19-20,23-25,27-28,33,38-39H,8-9,14-18H2,1H3,(H,32,34,35)/t25-,27-,28-,31-/m1/s1. The highest BCUT2D eigenvalue weighted by atomic mass is 16.6. The van der Waals surface area contributed by atoms with Crippen molar-refractivity contribution in [1.29, 1.82) is 0 Å². The SMILES string of the molecule is COC[C@H]1O[C@@](CNC2CCCC2)(n2cnc3c(NCC(c4ccccc4)c4ccccc4)ncnc32)[C@H](O)[C@@H]1O. The number of nitrogens with zero attached hydrogens (tertiary/aromatic N) is 4. The molecular weight excluding hydrogens is 520 g/mol. The number of ether oxygens (including phenoxy) is 2. The van der Waals surface area contributed by atoms with Crippen molar-refractivity contribution < 1.29 is 19.7 Å². The topological polar surface area (TPSA) is 127 Å². The van der Waals surface area contributed by atoms with E-state index in [-0.39, 0.29) is 12.5 Å². The van der Waals surface area contributed by atoms with Crippen molar-refractivity contribution in [3.8, 4) is 0 Å². The fraction of sp³-hybridized carbons (Fsp3) is 0.452. The van der Waals surface area contributed by atoms with Crippen molar-refractivity contribution in [1.82, 2.24) is 24.8 Å². The lowest BCUT2D eigenvalue weighted by Crippen LogP contribution is -2.53. The fourth-order valence-corrected chi connectivity index (χ4v) is 6.26. The maximum atomic E-state index is 11.4. The Hall–Kier alpha value is -3.41. The third kappa shape index (κ3) is 5.45. The molecule has 3 heterocycles. The van der Waals surface area contributed by atoms with Gasteiger partial charge in [-0.2, -0.15) is 0 Å². The molecule has 0 radical (unpaired) electrons. The van der Waals surface area contributed by atoms with E-state index in [0.717, 1.165) is 12.8 Å². The van der Waals surface area contributed by atoms with Gasteiger partial charge in [0.15, 0.2) is 22.7 Å². The lowest BCUT2D eigenvalue weighted by atomic mass is 9.91. The molecule has 1 saturated heterocycles. The maximum absolute atomic E-state index is 11.4. The number of aliphatic hydroxyl groups is 2. The normalized spacial score (nSPS) is 24.9.